The Morgan fingerprint density at radius 2 is 0.926 bits per heavy atom. The van der Waals surface area contributed by atoms with Crippen LogP contribution in [0.25, 0.3) is 99.2 Å². The minimum atomic E-state index is -1.20. The van der Waals surface area contributed by atoms with Crippen molar-refractivity contribution in [3.05, 3.63) is 207 Å². The van der Waals surface area contributed by atoms with Crippen molar-refractivity contribution in [2.75, 3.05) is 14.2 Å². The van der Waals surface area contributed by atoms with Crippen LogP contribution in [0.5, 0.6) is 11.5 Å². The molecule has 6 heterocycles. The number of para-hydroxylation sites is 2. The van der Waals surface area contributed by atoms with Gasteiger partial charge in [-0.3, -0.25) is 19.0 Å². The lowest BCUT2D eigenvalue weighted by molar-refractivity contribution is -0.160. The SMILES string of the molecule is CCCC(C(=O)O)c1c(-c2ccc(C)cc2)c2cc3ccccc3nc2n(C)c1=O.CCCC(C(=O)O)c1c(CC)nc2nc3ccccc3cc2c1-c1ccc(C)cc1.COc1cc2cc3c(-c4ccc(C)cc4)c(C(OC(C)(C)C)C(=O)O)c(C)nc3nc2cc1OC. The quantitative estimate of drug-likeness (QED) is 0.0721. The van der Waals surface area contributed by atoms with E-state index in [2.05, 4.69) is 37.3 Å². The van der Waals surface area contributed by atoms with Crippen molar-refractivity contribution in [2.24, 2.45) is 7.05 Å². The Balaban J connectivity index is 0.000000156. The summed E-state index contributed by atoms with van der Waals surface area (Å²) in [7, 11) is 4.83. The molecule has 0 aliphatic heterocycles. The van der Waals surface area contributed by atoms with Gasteiger partial charge >= 0.3 is 17.9 Å². The molecule has 0 aliphatic carbocycles. The van der Waals surface area contributed by atoms with Crippen molar-refractivity contribution in [3.8, 4) is 44.9 Å². The van der Waals surface area contributed by atoms with E-state index in [4.69, 9.17) is 39.1 Å². The lowest BCUT2D eigenvalue weighted by Gasteiger charge is -2.28. The lowest BCUT2D eigenvalue weighted by atomic mass is 9.84. The minimum Gasteiger partial charge on any atom is -0.493 e. The lowest BCUT2D eigenvalue weighted by Crippen LogP contribution is -2.28. The molecule has 3 unspecified atom stereocenters. The Morgan fingerprint density at radius 3 is 1.40 bits per heavy atom. The zero-order chi connectivity index (χ0) is 68.2. The summed E-state index contributed by atoms with van der Waals surface area (Å²) in [6.45, 7) is 19.4. The van der Waals surface area contributed by atoms with E-state index in [1.807, 2.05) is 177 Å². The Labute approximate surface area is 552 Å². The number of carboxylic acid groups (broad SMARTS) is 3. The van der Waals surface area contributed by atoms with Gasteiger partial charge in [0, 0.05) is 79.1 Å². The molecule has 6 aromatic carbocycles. The first kappa shape index (κ1) is 67.4. The van der Waals surface area contributed by atoms with Gasteiger partial charge < -0.3 is 29.5 Å². The summed E-state index contributed by atoms with van der Waals surface area (Å²) in [5, 5.41) is 35.5. The Bertz CT molecular complexity index is 4960. The second kappa shape index (κ2) is 28.4. The van der Waals surface area contributed by atoms with Crippen LogP contribution in [0, 0.1) is 27.7 Å². The normalized spacial score (nSPS) is 12.5. The number of nitrogens with zero attached hydrogens (tertiary/aromatic N) is 6. The van der Waals surface area contributed by atoms with Gasteiger partial charge in [-0.25, -0.2) is 29.7 Å². The van der Waals surface area contributed by atoms with Crippen molar-refractivity contribution in [2.45, 2.75) is 125 Å². The molecule has 3 atom stereocenters. The highest BCUT2D eigenvalue weighted by Gasteiger charge is 2.34. The summed E-state index contributed by atoms with van der Waals surface area (Å²) >= 11 is 0. The molecular weight excluding hydrogens is 1190 g/mol. The van der Waals surface area contributed by atoms with E-state index in [1.54, 1.807) is 28.2 Å². The second-order valence-corrected chi connectivity index (χ2v) is 25.1. The van der Waals surface area contributed by atoms with E-state index in [-0.39, 0.29) is 5.56 Å². The fourth-order valence-electron chi connectivity index (χ4n) is 12.6. The predicted octanol–water partition coefficient (Wildman–Crippen LogP) is 17.3. The van der Waals surface area contributed by atoms with Crippen LogP contribution >= 0.6 is 0 Å². The number of ether oxygens (including phenoxy) is 3. The van der Waals surface area contributed by atoms with Crippen LogP contribution in [0.2, 0.25) is 0 Å². The van der Waals surface area contributed by atoms with Crippen molar-refractivity contribution in [1.82, 2.24) is 29.5 Å². The molecule has 0 amide bonds. The van der Waals surface area contributed by atoms with E-state index in [0.29, 0.717) is 82.0 Å². The van der Waals surface area contributed by atoms with Crippen LogP contribution in [-0.2, 0) is 32.6 Å². The van der Waals surface area contributed by atoms with Crippen LogP contribution in [0.4, 0.5) is 0 Å². The molecular formula is C79H80N6O10. The third kappa shape index (κ3) is 14.1. The Hall–Kier alpha value is -10.5. The summed E-state index contributed by atoms with van der Waals surface area (Å²) in [5.41, 5.74) is 14.7. The fourth-order valence-corrected chi connectivity index (χ4v) is 12.6. The van der Waals surface area contributed by atoms with E-state index in [1.165, 1.54) is 10.1 Å². The number of aliphatic carboxylic acids is 3. The van der Waals surface area contributed by atoms with E-state index >= 15 is 0 Å². The molecule has 12 rings (SSSR count). The second-order valence-electron chi connectivity index (χ2n) is 25.1. The fraction of sp³-hybridized carbons (Fsp3) is 0.278. The maximum atomic E-state index is 13.5. The summed E-state index contributed by atoms with van der Waals surface area (Å²) in [6.07, 6.45) is 1.89. The van der Waals surface area contributed by atoms with Crippen LogP contribution in [0.1, 0.15) is 130 Å². The number of rotatable bonds is 17. The predicted molar refractivity (Wildman–Crippen MR) is 378 cm³/mol. The van der Waals surface area contributed by atoms with Gasteiger partial charge in [0.25, 0.3) is 5.56 Å². The molecule has 486 valence electrons. The van der Waals surface area contributed by atoms with Crippen molar-refractivity contribution >= 4 is 83.7 Å². The molecule has 0 radical (unpaired) electrons. The molecule has 16 nitrogen and oxygen atoms in total. The number of carboxylic acids is 3. The topological polar surface area (TPSA) is 226 Å². The number of carbonyl (C=O) groups is 3. The largest absolute Gasteiger partial charge is 0.493 e. The van der Waals surface area contributed by atoms with E-state index < -0.39 is 41.4 Å². The molecule has 3 N–H and O–H groups in total. The number of hydrogen-bond acceptors (Lipinski definition) is 12. The van der Waals surface area contributed by atoms with Gasteiger partial charge in [-0.15, -0.1) is 0 Å². The van der Waals surface area contributed by atoms with E-state index in [0.717, 1.165) is 100.0 Å². The molecule has 0 saturated heterocycles. The number of benzene rings is 6. The number of aryl methyl sites for hydroxylation is 6. The minimum absolute atomic E-state index is 0.304. The summed E-state index contributed by atoms with van der Waals surface area (Å²) in [6, 6.07) is 49.6. The molecule has 95 heavy (non-hydrogen) atoms. The number of pyridine rings is 6. The number of fused-ring (bicyclic) bond motifs is 6. The van der Waals surface area contributed by atoms with Crippen LogP contribution in [0.15, 0.2) is 156 Å². The van der Waals surface area contributed by atoms with Gasteiger partial charge in [0.2, 0.25) is 0 Å². The maximum absolute atomic E-state index is 13.5. The van der Waals surface area contributed by atoms with Crippen molar-refractivity contribution < 1.29 is 43.9 Å². The standard InChI is InChI=1S/C28H30N2O5.C26H26N2O2.C25H24N2O3/c1-15-8-10-17(11-9-15)24-19-12-18-13-21(33-6)22(34-7)14-20(18)30-26(19)29-16(2)23(24)25(27(31)32)35-28(3,4)5;1-4-8-19(26(29)30)24-21(5-2)27-25-20(15-18-9-6-7-10-22(18)28-25)23(24)17-13-11-16(3)12-14-17;1-4-7-18(25(29)30)22-21(16-12-10-15(2)11-13-16)19-14-17-8-5-6-9-20(17)26-23(19)27(3)24(22)28/h8-14,25H,1-7H3,(H,31,32);6-7,9-15,19H,4-5,8H2,1-3H3,(H,29,30);5-6,8-14,18H,4,7H2,1-3H3,(H,29,30). The van der Waals surface area contributed by atoms with Gasteiger partial charge in [-0.2, -0.15) is 0 Å². The average Bonchev–Trinajstić information content (AvgIpc) is 0.755. The van der Waals surface area contributed by atoms with Crippen LogP contribution < -0.4 is 15.0 Å². The Morgan fingerprint density at radius 1 is 0.495 bits per heavy atom. The highest BCUT2D eigenvalue weighted by atomic mass is 16.5. The monoisotopic (exact) mass is 1270 g/mol. The highest BCUT2D eigenvalue weighted by molar-refractivity contribution is 6.05. The third-order valence-corrected chi connectivity index (χ3v) is 17.2. The molecule has 0 saturated carbocycles. The molecule has 0 fully saturated rings. The average molecular weight is 1270 g/mol. The summed E-state index contributed by atoms with van der Waals surface area (Å²) < 4.78 is 18.5. The first-order chi connectivity index (χ1) is 45.5. The molecule has 6 aromatic heterocycles. The highest BCUT2D eigenvalue weighted by Crippen LogP contribution is 2.44. The van der Waals surface area contributed by atoms with Gasteiger partial charge in [0.05, 0.1) is 48.2 Å². The summed E-state index contributed by atoms with van der Waals surface area (Å²) in [4.78, 5) is 74.4. The number of methoxy groups -OCH3 is 2. The zero-order valence-corrected chi connectivity index (χ0v) is 56.1. The first-order valence-electron chi connectivity index (χ1n) is 32.1. The maximum Gasteiger partial charge on any atom is 0.337 e. The first-order valence-corrected chi connectivity index (χ1v) is 32.1. The van der Waals surface area contributed by atoms with Crippen molar-refractivity contribution in [1.29, 1.82) is 0 Å². The van der Waals surface area contributed by atoms with Crippen molar-refractivity contribution in [3.63, 3.8) is 0 Å². The van der Waals surface area contributed by atoms with Gasteiger partial charge in [-0.05, 0) is 132 Å². The third-order valence-electron chi connectivity index (χ3n) is 17.2. The van der Waals surface area contributed by atoms with Crippen LogP contribution in [0.3, 0.4) is 0 Å². The molecule has 16 heteroatoms. The van der Waals surface area contributed by atoms with Gasteiger partial charge in [-0.1, -0.05) is 159 Å². The smallest absolute Gasteiger partial charge is 0.337 e. The summed E-state index contributed by atoms with van der Waals surface area (Å²) in [5.74, 6) is -3.16. The number of aromatic nitrogens is 6. The molecule has 0 bridgehead atoms. The molecule has 12 aromatic rings. The van der Waals surface area contributed by atoms with E-state index in [9.17, 15) is 34.5 Å². The molecule has 0 aliphatic rings. The van der Waals surface area contributed by atoms with Gasteiger partial charge in [0.1, 0.15) is 5.65 Å². The Kier molecular flexibility index (Phi) is 20.2. The van der Waals surface area contributed by atoms with Gasteiger partial charge in [0.15, 0.2) is 28.9 Å². The zero-order valence-electron chi connectivity index (χ0n) is 56.1. The molecule has 0 spiro atoms. The van der Waals surface area contributed by atoms with Crippen LogP contribution in [-0.4, -0.2) is 82.5 Å². The number of hydrogen-bond donors (Lipinski definition) is 3.